The summed E-state index contributed by atoms with van der Waals surface area (Å²) in [7, 11) is 1.53. The quantitative estimate of drug-likeness (QED) is 0.573. The van der Waals surface area contributed by atoms with Gasteiger partial charge in [0.15, 0.2) is 17.2 Å². The van der Waals surface area contributed by atoms with Crippen molar-refractivity contribution in [2.45, 2.75) is 20.5 Å². The first-order chi connectivity index (χ1) is 17.3. The Kier molecular flexibility index (Phi) is 6.45. The summed E-state index contributed by atoms with van der Waals surface area (Å²) in [6.45, 7) is 3.82. The number of nitrogens with two attached hydrogens (primary N) is 1. The van der Waals surface area contributed by atoms with Gasteiger partial charge >= 0.3 is 0 Å². The Labute approximate surface area is 208 Å². The molecule has 1 aliphatic carbocycles. The number of benzene rings is 2. The van der Waals surface area contributed by atoms with Gasteiger partial charge < -0.3 is 19.4 Å². The molecule has 0 saturated carbocycles. The number of nitrogens with zero attached hydrogens (tertiary/aromatic N) is 2. The number of nitriles is 2. The highest BCUT2D eigenvalue weighted by molar-refractivity contribution is 6.07. The van der Waals surface area contributed by atoms with Gasteiger partial charge in [-0.25, -0.2) is 4.98 Å². The van der Waals surface area contributed by atoms with Gasteiger partial charge in [-0.2, -0.15) is 10.5 Å². The smallest absolute Gasteiger partial charge is 0.289 e. The molecule has 0 atom stereocenters. The van der Waals surface area contributed by atoms with Gasteiger partial charge in [-0.15, -0.1) is 0 Å². The predicted molar refractivity (Wildman–Crippen MR) is 131 cm³/mol. The Balaban J connectivity index is 1.70. The fourth-order valence-electron chi connectivity index (χ4n) is 4.28. The Morgan fingerprint density at radius 3 is 2.58 bits per heavy atom. The van der Waals surface area contributed by atoms with Gasteiger partial charge in [-0.05, 0) is 71.5 Å². The molecule has 0 unspecified atom stereocenters. The molecular weight excluding hydrogens is 456 g/mol. The van der Waals surface area contributed by atoms with E-state index in [1.54, 1.807) is 24.3 Å². The maximum absolute atomic E-state index is 11.1. The van der Waals surface area contributed by atoms with Crippen molar-refractivity contribution >= 4 is 29.0 Å². The number of hydrogen-bond acceptors (Lipinski definition) is 7. The number of carbonyl (C=O) groups is 1. The molecule has 2 aromatic carbocycles. The number of nitrogen functional groups attached to an aromatic ring is 1. The average Bonchev–Trinajstić information content (AvgIpc) is 3.13. The van der Waals surface area contributed by atoms with Crippen molar-refractivity contribution in [1.82, 2.24) is 0 Å². The minimum Gasteiger partial charge on any atom is -0.545 e. The van der Waals surface area contributed by atoms with Gasteiger partial charge in [-0.1, -0.05) is 24.3 Å². The number of allylic oxidation sites excluding steroid dienone is 3. The molecule has 0 fully saturated rings. The lowest BCUT2D eigenvalue weighted by Crippen LogP contribution is -2.22. The lowest BCUT2D eigenvalue weighted by Gasteiger charge is -2.13. The van der Waals surface area contributed by atoms with E-state index in [4.69, 9.17) is 15.2 Å². The third-order valence-corrected chi connectivity index (χ3v) is 6.11. The van der Waals surface area contributed by atoms with Crippen molar-refractivity contribution < 1.29 is 24.4 Å². The highest BCUT2D eigenvalue weighted by Gasteiger charge is 2.32. The van der Waals surface area contributed by atoms with Crippen LogP contribution in [-0.4, -0.2) is 13.1 Å². The van der Waals surface area contributed by atoms with Gasteiger partial charge in [0.2, 0.25) is 0 Å². The van der Waals surface area contributed by atoms with Crippen molar-refractivity contribution in [3.05, 3.63) is 87.1 Å². The number of carboxylic acid groups (broad SMARTS) is 1. The topological polar surface area (TPSA) is 146 Å². The molecule has 4 rings (SSSR count). The molecule has 3 N–H and O–H groups in total. The summed E-state index contributed by atoms with van der Waals surface area (Å²) in [5.41, 5.74) is 12.0. The van der Waals surface area contributed by atoms with Crippen LogP contribution in [0.1, 0.15) is 50.8 Å². The van der Waals surface area contributed by atoms with Crippen LogP contribution in [0.4, 0.5) is 5.82 Å². The van der Waals surface area contributed by atoms with E-state index in [-0.39, 0.29) is 18.0 Å². The average molecular weight is 479 g/mol. The molecule has 178 valence electrons. The number of aromatic carboxylic acids is 1. The van der Waals surface area contributed by atoms with Gasteiger partial charge in [-0.3, -0.25) is 5.73 Å². The SMILES string of the molecule is COc1cc(/C=C2/C(C)=C(C#N)c3[nH+]c(N)c(C#N)c(C)c32)ccc1OCc1cccc(C(=O)[O-])c1. The molecule has 3 aromatic rings. The Hall–Kier alpha value is -5.08. The fraction of sp³-hybridized carbons (Fsp3) is 0.143. The van der Waals surface area contributed by atoms with E-state index in [1.807, 2.05) is 26.0 Å². The fourth-order valence-corrected chi connectivity index (χ4v) is 4.28. The number of aromatic amines is 1. The highest BCUT2D eigenvalue weighted by atomic mass is 16.5. The largest absolute Gasteiger partial charge is 0.545 e. The van der Waals surface area contributed by atoms with Crippen molar-refractivity contribution in [2.24, 2.45) is 0 Å². The Morgan fingerprint density at radius 1 is 1.14 bits per heavy atom. The van der Waals surface area contributed by atoms with Crippen molar-refractivity contribution in [3.8, 4) is 23.6 Å². The van der Waals surface area contributed by atoms with Gasteiger partial charge in [0, 0.05) is 5.56 Å². The lowest BCUT2D eigenvalue weighted by atomic mass is 9.95. The number of H-pyrrole nitrogens is 1. The molecule has 1 aromatic heterocycles. The number of pyridine rings is 1. The van der Waals surface area contributed by atoms with Gasteiger partial charge in [0.05, 0.1) is 13.1 Å². The third kappa shape index (κ3) is 4.24. The number of rotatable bonds is 6. The first-order valence-electron chi connectivity index (χ1n) is 11.0. The Morgan fingerprint density at radius 2 is 1.92 bits per heavy atom. The number of methoxy groups -OCH3 is 1. The summed E-state index contributed by atoms with van der Waals surface area (Å²) in [6.07, 6.45) is 1.92. The summed E-state index contributed by atoms with van der Waals surface area (Å²) >= 11 is 0. The van der Waals surface area contributed by atoms with Crippen LogP contribution in [0.5, 0.6) is 11.5 Å². The second-order valence-corrected chi connectivity index (χ2v) is 8.26. The number of anilines is 1. The minimum absolute atomic E-state index is 0.0795. The molecule has 0 spiro atoms. The first-order valence-corrected chi connectivity index (χ1v) is 11.0. The van der Waals surface area contributed by atoms with Crippen LogP contribution in [0.3, 0.4) is 0 Å². The summed E-state index contributed by atoms with van der Waals surface area (Å²) in [5.74, 6) is -0.0519. The maximum atomic E-state index is 11.1. The van der Waals surface area contributed by atoms with Crippen molar-refractivity contribution in [2.75, 3.05) is 12.8 Å². The number of ether oxygens (including phenoxy) is 2. The molecular formula is C28H22N4O4. The minimum atomic E-state index is -1.25. The van der Waals surface area contributed by atoms with Gasteiger partial charge in [0.1, 0.15) is 29.9 Å². The van der Waals surface area contributed by atoms with E-state index in [0.717, 1.165) is 22.3 Å². The number of hydrogen-bond donors (Lipinski definition) is 1. The molecule has 8 nitrogen and oxygen atoms in total. The van der Waals surface area contributed by atoms with E-state index >= 15 is 0 Å². The molecule has 0 saturated heterocycles. The van der Waals surface area contributed by atoms with Crippen molar-refractivity contribution in [3.63, 3.8) is 0 Å². The van der Waals surface area contributed by atoms with E-state index in [0.29, 0.717) is 39.5 Å². The van der Waals surface area contributed by atoms with E-state index in [1.165, 1.54) is 19.2 Å². The molecule has 8 heteroatoms. The van der Waals surface area contributed by atoms with E-state index in [2.05, 4.69) is 17.1 Å². The number of nitrogens with one attached hydrogen (secondary N) is 1. The van der Waals surface area contributed by atoms with Crippen LogP contribution < -0.4 is 25.3 Å². The number of carboxylic acids is 1. The zero-order chi connectivity index (χ0) is 26.0. The molecule has 0 bridgehead atoms. The van der Waals surface area contributed by atoms with Crippen LogP contribution in [-0.2, 0) is 6.61 Å². The molecule has 36 heavy (non-hydrogen) atoms. The summed E-state index contributed by atoms with van der Waals surface area (Å²) in [5, 5.41) is 30.4. The maximum Gasteiger partial charge on any atom is 0.289 e. The summed E-state index contributed by atoms with van der Waals surface area (Å²) < 4.78 is 11.4. The monoisotopic (exact) mass is 478 g/mol. The van der Waals surface area contributed by atoms with Crippen LogP contribution in [0.25, 0.3) is 17.2 Å². The molecule has 1 heterocycles. The zero-order valence-electron chi connectivity index (χ0n) is 19.9. The van der Waals surface area contributed by atoms with Crippen molar-refractivity contribution in [1.29, 1.82) is 10.5 Å². The standard InChI is InChI=1S/C28H22N4O4/c1-15-20(25-16(2)22(13-30)27(31)32-26(25)21(15)12-29)10-17-7-8-23(24(11-17)35-3)36-14-18-5-4-6-19(9-18)28(33)34/h4-11H,14H2,1-3H3,(H2,31,32)(H,33,34)/b20-10-. The molecule has 0 radical (unpaired) electrons. The second kappa shape index (κ2) is 9.65. The molecule has 0 aliphatic heterocycles. The normalized spacial score (nSPS) is 13.2. The number of aromatic nitrogens is 1. The van der Waals surface area contributed by atoms with Crippen LogP contribution >= 0.6 is 0 Å². The van der Waals surface area contributed by atoms with Crippen LogP contribution in [0.2, 0.25) is 0 Å². The van der Waals surface area contributed by atoms with Crippen LogP contribution in [0, 0.1) is 29.6 Å². The highest BCUT2D eigenvalue weighted by Crippen LogP contribution is 2.43. The lowest BCUT2D eigenvalue weighted by molar-refractivity contribution is -0.364. The number of fused-ring (bicyclic) bond motifs is 1. The third-order valence-electron chi connectivity index (χ3n) is 6.11. The second-order valence-electron chi connectivity index (χ2n) is 8.26. The Bertz CT molecular complexity index is 1550. The molecule has 0 amide bonds. The predicted octanol–water partition coefficient (Wildman–Crippen LogP) is 3.07. The summed E-state index contributed by atoms with van der Waals surface area (Å²) in [6, 6.07) is 16.1. The van der Waals surface area contributed by atoms with E-state index in [9.17, 15) is 20.4 Å². The van der Waals surface area contributed by atoms with E-state index < -0.39 is 5.97 Å². The number of carbonyl (C=O) groups excluding carboxylic acids is 1. The zero-order valence-corrected chi connectivity index (χ0v) is 19.9. The molecule has 1 aliphatic rings. The first kappa shape index (κ1) is 24.1. The summed E-state index contributed by atoms with van der Waals surface area (Å²) in [4.78, 5) is 14.1. The van der Waals surface area contributed by atoms with Gasteiger partial charge in [0.25, 0.3) is 5.82 Å². The van der Waals surface area contributed by atoms with Crippen LogP contribution in [0.15, 0.2) is 48.0 Å².